The van der Waals surface area contributed by atoms with Crippen LogP contribution in [0.15, 0.2) is 24.3 Å². The number of hydrogen-bond donors (Lipinski definition) is 1. The van der Waals surface area contributed by atoms with Crippen molar-refractivity contribution >= 4 is 17.4 Å². The van der Waals surface area contributed by atoms with Gasteiger partial charge < -0.3 is 5.32 Å². The van der Waals surface area contributed by atoms with Crippen LogP contribution in [-0.2, 0) is 10.3 Å². The van der Waals surface area contributed by atoms with Gasteiger partial charge >= 0.3 is 0 Å². The Balaban J connectivity index is 2.80. The van der Waals surface area contributed by atoms with Crippen LogP contribution in [0, 0.1) is 0 Å². The maximum absolute atomic E-state index is 12.7. The summed E-state index contributed by atoms with van der Waals surface area (Å²) in [6.07, 6.45) is -9.10. The Morgan fingerprint density at radius 1 is 1.44 bits per heavy atom. The SMILES string of the molecule is [2H]C1([2H])CC(=O)C(NC)(c2ccccc2Cl)C([2H])([2H])C1([2H])[2H]. The van der Waals surface area contributed by atoms with Crippen molar-refractivity contribution in [2.24, 2.45) is 0 Å². The first-order chi connectivity index (χ1) is 9.95. The third kappa shape index (κ3) is 1.76. The van der Waals surface area contributed by atoms with Crippen LogP contribution in [0.1, 0.15) is 39.3 Å². The number of carbonyl (C=O) groups is 1. The molecule has 1 aromatic carbocycles. The van der Waals surface area contributed by atoms with E-state index in [1.54, 1.807) is 12.1 Å². The topological polar surface area (TPSA) is 29.1 Å². The molecule has 0 heterocycles. The van der Waals surface area contributed by atoms with E-state index < -0.39 is 36.9 Å². The zero-order valence-electron chi connectivity index (χ0n) is 14.8. The summed E-state index contributed by atoms with van der Waals surface area (Å²) in [5.41, 5.74) is -1.95. The second-order valence-corrected chi connectivity index (χ2v) is 3.91. The first kappa shape index (κ1) is 6.18. The van der Waals surface area contributed by atoms with Crippen LogP contribution in [0.25, 0.3) is 0 Å². The van der Waals surface area contributed by atoms with Gasteiger partial charge in [0, 0.05) is 19.7 Å². The molecule has 2 rings (SSSR count). The molecule has 0 aliphatic heterocycles. The molecule has 0 bridgehead atoms. The van der Waals surface area contributed by atoms with Crippen LogP contribution in [-0.4, -0.2) is 12.8 Å². The number of halogens is 1. The number of hydrogen-bond acceptors (Lipinski definition) is 2. The van der Waals surface area contributed by atoms with Gasteiger partial charge in [0.2, 0.25) is 0 Å². The van der Waals surface area contributed by atoms with E-state index in [0.29, 0.717) is 0 Å². The van der Waals surface area contributed by atoms with Crippen molar-refractivity contribution in [3.63, 3.8) is 0 Å². The molecule has 1 saturated carbocycles. The first-order valence-corrected chi connectivity index (χ1v) is 5.31. The summed E-state index contributed by atoms with van der Waals surface area (Å²) in [5, 5.41) is 2.71. The van der Waals surface area contributed by atoms with E-state index in [4.69, 9.17) is 19.8 Å². The van der Waals surface area contributed by atoms with Crippen molar-refractivity contribution in [1.29, 1.82) is 0 Å². The Kier molecular flexibility index (Phi) is 1.76. The molecule has 0 aromatic heterocycles. The van der Waals surface area contributed by atoms with Crippen molar-refractivity contribution in [2.45, 2.75) is 31.1 Å². The highest BCUT2D eigenvalue weighted by Crippen LogP contribution is 2.37. The van der Waals surface area contributed by atoms with Gasteiger partial charge in [0.25, 0.3) is 0 Å². The largest absolute Gasteiger partial charge is 0.304 e. The Morgan fingerprint density at radius 2 is 2.19 bits per heavy atom. The highest BCUT2D eigenvalue weighted by Gasteiger charge is 2.40. The lowest BCUT2D eigenvalue weighted by atomic mass is 9.75. The minimum atomic E-state index is -2.89. The molecule has 0 radical (unpaired) electrons. The minimum absolute atomic E-state index is 0.105. The monoisotopic (exact) mass is 243 g/mol. The predicted molar refractivity (Wildman–Crippen MR) is 65.7 cm³/mol. The summed E-state index contributed by atoms with van der Waals surface area (Å²) in [6.45, 7) is 0. The fraction of sp³-hybridized carbons (Fsp3) is 0.462. The van der Waals surface area contributed by atoms with Crippen LogP contribution in [0.3, 0.4) is 0 Å². The Morgan fingerprint density at radius 3 is 2.88 bits per heavy atom. The van der Waals surface area contributed by atoms with Gasteiger partial charge in [-0.15, -0.1) is 0 Å². The molecular weight excluding hydrogens is 222 g/mol. The molecule has 0 spiro atoms. The van der Waals surface area contributed by atoms with Gasteiger partial charge in [0.05, 0.1) is 0 Å². The molecule has 16 heavy (non-hydrogen) atoms. The van der Waals surface area contributed by atoms with Gasteiger partial charge in [-0.1, -0.05) is 36.2 Å². The maximum Gasteiger partial charge on any atom is 0.157 e. The quantitative estimate of drug-likeness (QED) is 0.866. The summed E-state index contributed by atoms with van der Waals surface area (Å²) in [4.78, 5) is 12.7. The van der Waals surface area contributed by atoms with Gasteiger partial charge in [0.1, 0.15) is 5.54 Å². The van der Waals surface area contributed by atoms with Crippen LogP contribution in [0.2, 0.25) is 5.02 Å². The van der Waals surface area contributed by atoms with Crippen molar-refractivity contribution in [1.82, 2.24) is 5.32 Å². The third-order valence-electron chi connectivity index (χ3n) is 2.66. The molecule has 86 valence electrons. The van der Waals surface area contributed by atoms with Crippen LogP contribution in [0.4, 0.5) is 0 Å². The molecule has 1 aliphatic carbocycles. The van der Waals surface area contributed by atoms with Gasteiger partial charge in [-0.3, -0.25) is 4.79 Å². The lowest BCUT2D eigenvalue weighted by molar-refractivity contribution is -0.127. The van der Waals surface area contributed by atoms with Crippen molar-refractivity contribution < 1.29 is 13.0 Å². The first-order valence-electron chi connectivity index (χ1n) is 7.93. The van der Waals surface area contributed by atoms with Gasteiger partial charge in [-0.25, -0.2) is 0 Å². The summed E-state index contributed by atoms with van der Waals surface area (Å²) in [5.74, 6) is -0.770. The van der Waals surface area contributed by atoms with E-state index in [1.165, 1.54) is 19.2 Å². The van der Waals surface area contributed by atoms with Crippen molar-refractivity contribution in [2.75, 3.05) is 7.05 Å². The average molecular weight is 244 g/mol. The third-order valence-corrected chi connectivity index (χ3v) is 2.99. The van der Waals surface area contributed by atoms with E-state index in [-0.39, 0.29) is 10.6 Å². The molecule has 1 atom stereocenters. The Bertz CT molecular complexity index is 620. The highest BCUT2D eigenvalue weighted by molar-refractivity contribution is 6.31. The van der Waals surface area contributed by atoms with E-state index in [9.17, 15) is 4.79 Å². The zero-order chi connectivity index (χ0) is 17.0. The summed E-state index contributed by atoms with van der Waals surface area (Å²) < 4.78 is 48.0. The number of rotatable bonds is 2. The Hall–Kier alpha value is -0.860. The smallest absolute Gasteiger partial charge is 0.157 e. The number of benzene rings is 1. The molecule has 1 fully saturated rings. The van der Waals surface area contributed by atoms with Crippen molar-refractivity contribution in [3.05, 3.63) is 34.9 Å². The molecule has 0 amide bonds. The Labute approximate surface area is 109 Å². The zero-order valence-corrected chi connectivity index (χ0v) is 9.56. The number of ketones is 1. The van der Waals surface area contributed by atoms with Crippen molar-refractivity contribution in [3.8, 4) is 0 Å². The molecule has 1 aromatic rings. The summed E-state index contributed by atoms with van der Waals surface area (Å²) in [6, 6.07) is 6.12. The lowest BCUT2D eigenvalue weighted by Gasteiger charge is -2.36. The molecule has 1 aliphatic rings. The van der Waals surface area contributed by atoms with Gasteiger partial charge in [-0.2, -0.15) is 0 Å². The molecule has 2 nitrogen and oxygen atoms in total. The van der Waals surface area contributed by atoms with Gasteiger partial charge in [-0.05, 0) is 31.4 Å². The normalized spacial score (nSPS) is 40.8. The molecule has 0 saturated heterocycles. The minimum Gasteiger partial charge on any atom is -0.304 e. The van der Waals surface area contributed by atoms with E-state index in [2.05, 4.69) is 5.32 Å². The molecular formula is C13H16ClNO. The highest BCUT2D eigenvalue weighted by atomic mass is 35.5. The number of Topliss-reactive ketones (excluding diaryl/α,β-unsaturated/α-hetero) is 1. The lowest BCUT2D eigenvalue weighted by Crippen LogP contribution is -2.49. The van der Waals surface area contributed by atoms with E-state index in [0.717, 1.165) is 0 Å². The average Bonchev–Trinajstić information content (AvgIpc) is 2.39. The predicted octanol–water partition coefficient (Wildman–Crippen LogP) is 2.90. The molecule has 3 heteroatoms. The van der Waals surface area contributed by atoms with Gasteiger partial charge in [0.15, 0.2) is 5.78 Å². The number of likely N-dealkylation sites (N-methyl/N-ethyl adjacent to an activating group) is 1. The van der Waals surface area contributed by atoms with Crippen LogP contribution < -0.4 is 5.32 Å². The fourth-order valence-electron chi connectivity index (χ4n) is 1.78. The molecule has 1 N–H and O–H groups in total. The fourth-order valence-corrected chi connectivity index (χ4v) is 2.06. The summed E-state index contributed by atoms with van der Waals surface area (Å²) in [7, 11) is 1.34. The number of carbonyl (C=O) groups excluding carboxylic acids is 1. The number of nitrogens with one attached hydrogen (secondary N) is 1. The van der Waals surface area contributed by atoms with Crippen LogP contribution in [0.5, 0.6) is 0 Å². The summed E-state index contributed by atoms with van der Waals surface area (Å²) >= 11 is 6.11. The maximum atomic E-state index is 12.7. The van der Waals surface area contributed by atoms with Crippen LogP contribution >= 0.6 is 11.6 Å². The molecule has 1 unspecified atom stereocenters. The second-order valence-electron chi connectivity index (χ2n) is 3.51. The second kappa shape index (κ2) is 4.56. The standard InChI is InChI=1S/C13H16ClNO/c1-15-13(9-5-4-8-12(13)16)10-6-2-3-7-11(10)14/h2-3,6-7,15H,4-5,8-9H2,1H3/i4D2,5D2,9D2. The van der Waals surface area contributed by atoms with E-state index in [1.807, 2.05) is 0 Å². The van der Waals surface area contributed by atoms with E-state index >= 15 is 0 Å².